The molecule has 0 radical (unpaired) electrons. The molecule has 3 aromatic carbocycles. The molecule has 1 aliphatic carbocycles. The van der Waals surface area contributed by atoms with E-state index in [4.69, 9.17) is 9.47 Å². The SMILES string of the molecule is CCOC(=O)c1ccc(OC2CC(CCC(c3ccccc3)c3ccccc3)C2)cc1. The highest BCUT2D eigenvalue weighted by molar-refractivity contribution is 5.89. The van der Waals surface area contributed by atoms with E-state index in [1.165, 1.54) is 17.5 Å². The van der Waals surface area contributed by atoms with E-state index in [0.717, 1.165) is 25.0 Å². The highest BCUT2D eigenvalue weighted by atomic mass is 16.5. The van der Waals surface area contributed by atoms with E-state index < -0.39 is 0 Å². The van der Waals surface area contributed by atoms with Gasteiger partial charge in [0.25, 0.3) is 0 Å². The van der Waals surface area contributed by atoms with Gasteiger partial charge in [-0.2, -0.15) is 0 Å². The molecule has 0 aliphatic heterocycles. The molecule has 0 bridgehead atoms. The molecule has 0 N–H and O–H groups in total. The summed E-state index contributed by atoms with van der Waals surface area (Å²) < 4.78 is 11.1. The lowest BCUT2D eigenvalue weighted by Crippen LogP contribution is -2.34. The second kappa shape index (κ2) is 10.3. The summed E-state index contributed by atoms with van der Waals surface area (Å²) in [5, 5.41) is 0. The number of rotatable bonds is 9. The average Bonchev–Trinajstić information content (AvgIpc) is 2.79. The Morgan fingerprint density at radius 2 is 1.45 bits per heavy atom. The summed E-state index contributed by atoms with van der Waals surface area (Å²) in [4.78, 5) is 11.8. The first-order chi connectivity index (χ1) is 15.2. The number of hydrogen-bond acceptors (Lipinski definition) is 3. The standard InChI is InChI=1S/C28H30O3/c1-2-30-28(29)24-14-16-25(17-15-24)31-26-19-21(20-26)13-18-27(22-9-5-3-6-10-22)23-11-7-4-8-12-23/h3-12,14-17,21,26-27H,2,13,18-20H2,1H3. The third-order valence-corrected chi connectivity index (χ3v) is 6.13. The van der Waals surface area contributed by atoms with Crippen LogP contribution in [0.1, 0.15) is 60.0 Å². The molecule has 160 valence electrons. The van der Waals surface area contributed by atoms with E-state index in [9.17, 15) is 4.79 Å². The number of esters is 1. The zero-order valence-electron chi connectivity index (χ0n) is 18.1. The first-order valence-corrected chi connectivity index (χ1v) is 11.3. The maximum atomic E-state index is 11.8. The number of ether oxygens (including phenoxy) is 2. The first-order valence-electron chi connectivity index (χ1n) is 11.3. The van der Waals surface area contributed by atoms with Crippen LogP contribution in [0.15, 0.2) is 84.9 Å². The van der Waals surface area contributed by atoms with Crippen LogP contribution in [-0.2, 0) is 4.74 Å². The molecule has 0 saturated heterocycles. The van der Waals surface area contributed by atoms with Gasteiger partial charge in [0.1, 0.15) is 5.75 Å². The van der Waals surface area contributed by atoms with Gasteiger partial charge in [0.05, 0.1) is 18.3 Å². The van der Waals surface area contributed by atoms with Crippen LogP contribution in [0.4, 0.5) is 0 Å². The van der Waals surface area contributed by atoms with E-state index in [1.54, 1.807) is 12.1 Å². The minimum Gasteiger partial charge on any atom is -0.490 e. The first kappa shape index (κ1) is 21.2. The van der Waals surface area contributed by atoms with Crippen LogP contribution >= 0.6 is 0 Å². The lowest BCUT2D eigenvalue weighted by molar-refractivity contribution is 0.0525. The molecule has 3 aromatic rings. The molecule has 31 heavy (non-hydrogen) atoms. The number of benzene rings is 3. The van der Waals surface area contributed by atoms with E-state index >= 15 is 0 Å². The predicted octanol–water partition coefficient (Wildman–Crippen LogP) is 6.63. The summed E-state index contributed by atoms with van der Waals surface area (Å²) in [6.45, 7) is 2.19. The van der Waals surface area contributed by atoms with Crippen molar-refractivity contribution in [1.29, 1.82) is 0 Å². The lowest BCUT2D eigenvalue weighted by Gasteiger charge is -2.36. The topological polar surface area (TPSA) is 35.5 Å². The van der Waals surface area contributed by atoms with Crippen LogP contribution < -0.4 is 4.74 Å². The van der Waals surface area contributed by atoms with Crippen molar-refractivity contribution in [3.63, 3.8) is 0 Å². The molecule has 0 atom stereocenters. The Labute approximate surface area is 185 Å². The monoisotopic (exact) mass is 414 g/mol. The molecule has 0 amide bonds. The molecule has 4 rings (SSSR count). The molecule has 1 fully saturated rings. The maximum Gasteiger partial charge on any atom is 0.338 e. The Morgan fingerprint density at radius 3 is 2.00 bits per heavy atom. The zero-order chi connectivity index (χ0) is 21.5. The molecule has 0 heterocycles. The van der Waals surface area contributed by atoms with Crippen molar-refractivity contribution >= 4 is 5.97 Å². The van der Waals surface area contributed by atoms with Gasteiger partial charge in [-0.3, -0.25) is 0 Å². The third kappa shape index (κ3) is 5.55. The van der Waals surface area contributed by atoms with Crippen LogP contribution in [-0.4, -0.2) is 18.7 Å². The highest BCUT2D eigenvalue weighted by Crippen LogP contribution is 2.38. The largest absolute Gasteiger partial charge is 0.490 e. The molecule has 0 aromatic heterocycles. The smallest absolute Gasteiger partial charge is 0.338 e. The van der Waals surface area contributed by atoms with Gasteiger partial charge in [-0.05, 0) is 73.9 Å². The second-order valence-electron chi connectivity index (χ2n) is 8.27. The van der Waals surface area contributed by atoms with Crippen molar-refractivity contribution in [2.24, 2.45) is 5.92 Å². The van der Waals surface area contributed by atoms with Gasteiger partial charge < -0.3 is 9.47 Å². The lowest BCUT2D eigenvalue weighted by atomic mass is 9.76. The third-order valence-electron chi connectivity index (χ3n) is 6.13. The zero-order valence-corrected chi connectivity index (χ0v) is 18.1. The van der Waals surface area contributed by atoms with Crippen molar-refractivity contribution in [1.82, 2.24) is 0 Å². The Kier molecular flexibility index (Phi) is 7.03. The molecule has 1 saturated carbocycles. The molecule has 0 spiro atoms. The van der Waals surface area contributed by atoms with Crippen LogP contribution in [0.2, 0.25) is 0 Å². The van der Waals surface area contributed by atoms with E-state index in [1.807, 2.05) is 19.1 Å². The fourth-order valence-corrected chi connectivity index (χ4v) is 4.38. The van der Waals surface area contributed by atoms with E-state index in [-0.39, 0.29) is 12.1 Å². The van der Waals surface area contributed by atoms with Gasteiger partial charge in [-0.15, -0.1) is 0 Å². The van der Waals surface area contributed by atoms with Gasteiger partial charge in [-0.1, -0.05) is 60.7 Å². The molecule has 1 aliphatic rings. The molecule has 3 nitrogen and oxygen atoms in total. The van der Waals surface area contributed by atoms with Gasteiger partial charge in [0.15, 0.2) is 0 Å². The quantitative estimate of drug-likeness (QED) is 0.369. The Morgan fingerprint density at radius 1 is 0.871 bits per heavy atom. The minimum atomic E-state index is -0.288. The van der Waals surface area contributed by atoms with Crippen LogP contribution in [0.3, 0.4) is 0 Å². The van der Waals surface area contributed by atoms with Crippen LogP contribution in [0.5, 0.6) is 5.75 Å². The van der Waals surface area contributed by atoms with Crippen molar-refractivity contribution in [3.05, 3.63) is 102 Å². The van der Waals surface area contributed by atoms with Crippen molar-refractivity contribution in [3.8, 4) is 5.75 Å². The summed E-state index contributed by atoms with van der Waals surface area (Å²) in [5.41, 5.74) is 3.35. The van der Waals surface area contributed by atoms with Crippen molar-refractivity contribution in [2.75, 3.05) is 6.61 Å². The van der Waals surface area contributed by atoms with E-state index in [0.29, 0.717) is 24.0 Å². The average molecular weight is 415 g/mol. The second-order valence-corrected chi connectivity index (χ2v) is 8.27. The van der Waals surface area contributed by atoms with Gasteiger partial charge in [0.2, 0.25) is 0 Å². The minimum absolute atomic E-state index is 0.269. The summed E-state index contributed by atoms with van der Waals surface area (Å²) in [6, 6.07) is 28.9. The number of carbonyl (C=O) groups excluding carboxylic acids is 1. The van der Waals surface area contributed by atoms with Gasteiger partial charge >= 0.3 is 5.97 Å². The van der Waals surface area contributed by atoms with Gasteiger partial charge in [0, 0.05) is 5.92 Å². The predicted molar refractivity (Wildman–Crippen MR) is 123 cm³/mol. The fourth-order valence-electron chi connectivity index (χ4n) is 4.38. The van der Waals surface area contributed by atoms with Crippen molar-refractivity contribution < 1.29 is 14.3 Å². The van der Waals surface area contributed by atoms with Crippen molar-refractivity contribution in [2.45, 2.75) is 44.6 Å². The Hall–Kier alpha value is -3.07. The summed E-state index contributed by atoms with van der Waals surface area (Å²) in [5.74, 6) is 1.68. The molecule has 0 unspecified atom stereocenters. The number of carbonyl (C=O) groups is 1. The Bertz CT molecular complexity index is 905. The molecular formula is C28H30O3. The van der Waals surface area contributed by atoms with Crippen LogP contribution in [0.25, 0.3) is 0 Å². The summed E-state index contributed by atoms with van der Waals surface area (Å²) in [7, 11) is 0. The fraction of sp³-hybridized carbons (Fsp3) is 0.321. The van der Waals surface area contributed by atoms with Gasteiger partial charge in [-0.25, -0.2) is 4.79 Å². The summed E-state index contributed by atoms with van der Waals surface area (Å²) in [6.07, 6.45) is 4.81. The summed E-state index contributed by atoms with van der Waals surface area (Å²) >= 11 is 0. The normalized spacial score (nSPS) is 17.7. The van der Waals surface area contributed by atoms with Crippen LogP contribution in [0, 0.1) is 5.92 Å². The Balaban J connectivity index is 1.28. The van der Waals surface area contributed by atoms with E-state index in [2.05, 4.69) is 60.7 Å². The maximum absolute atomic E-state index is 11.8. The molecular weight excluding hydrogens is 384 g/mol. The molecule has 3 heteroatoms. The number of hydrogen-bond donors (Lipinski definition) is 0. The highest BCUT2D eigenvalue weighted by Gasteiger charge is 2.31.